The zero-order valence-electron chi connectivity index (χ0n) is 9.92. The van der Waals surface area contributed by atoms with Gasteiger partial charge in [-0.1, -0.05) is 26.0 Å². The molecule has 0 spiro atoms. The van der Waals surface area contributed by atoms with E-state index in [4.69, 9.17) is 10.5 Å². The van der Waals surface area contributed by atoms with Crippen LogP contribution in [-0.4, -0.2) is 13.7 Å². The first-order valence-electron chi connectivity index (χ1n) is 5.56. The molecule has 0 amide bonds. The van der Waals surface area contributed by atoms with Gasteiger partial charge in [-0.15, -0.1) is 0 Å². The topological polar surface area (TPSA) is 35.2 Å². The molecular weight excluding hydrogens is 186 g/mol. The highest BCUT2D eigenvalue weighted by atomic mass is 16.5. The summed E-state index contributed by atoms with van der Waals surface area (Å²) in [5.74, 6) is 1.49. The van der Waals surface area contributed by atoms with E-state index in [-0.39, 0.29) is 0 Å². The lowest BCUT2D eigenvalue weighted by molar-refractivity contribution is 0.407. The van der Waals surface area contributed by atoms with E-state index in [1.165, 1.54) is 11.1 Å². The van der Waals surface area contributed by atoms with Crippen LogP contribution in [0.25, 0.3) is 0 Å². The van der Waals surface area contributed by atoms with Gasteiger partial charge in [-0.05, 0) is 42.5 Å². The van der Waals surface area contributed by atoms with E-state index >= 15 is 0 Å². The molecule has 1 aromatic carbocycles. The molecule has 0 saturated carbocycles. The second kappa shape index (κ2) is 5.76. The highest BCUT2D eigenvalue weighted by molar-refractivity contribution is 5.39. The Labute approximate surface area is 92.4 Å². The lowest BCUT2D eigenvalue weighted by atomic mass is 9.98. The quantitative estimate of drug-likeness (QED) is 0.805. The Morgan fingerprint density at radius 2 is 2.07 bits per heavy atom. The summed E-state index contributed by atoms with van der Waals surface area (Å²) in [4.78, 5) is 0. The summed E-state index contributed by atoms with van der Waals surface area (Å²) in [6, 6.07) is 6.42. The number of ether oxygens (including phenoxy) is 1. The van der Waals surface area contributed by atoms with Crippen LogP contribution in [0.4, 0.5) is 0 Å². The van der Waals surface area contributed by atoms with E-state index in [2.05, 4.69) is 32.0 Å². The van der Waals surface area contributed by atoms with E-state index in [9.17, 15) is 0 Å². The standard InChI is InChI=1S/C13H21NO/c1-10(2)12-9-11(5-4-8-14)6-7-13(12)15-3/h6-7,9-10H,4-5,8,14H2,1-3H3. The van der Waals surface area contributed by atoms with Gasteiger partial charge < -0.3 is 10.5 Å². The van der Waals surface area contributed by atoms with E-state index in [1.54, 1.807) is 7.11 Å². The molecule has 2 N–H and O–H groups in total. The second-order valence-corrected chi connectivity index (χ2v) is 4.12. The third-order valence-corrected chi connectivity index (χ3v) is 2.59. The van der Waals surface area contributed by atoms with Crippen LogP contribution in [0.3, 0.4) is 0 Å². The van der Waals surface area contributed by atoms with Crippen molar-refractivity contribution in [2.45, 2.75) is 32.6 Å². The third kappa shape index (κ3) is 3.24. The first-order chi connectivity index (χ1) is 7.19. The molecule has 1 rings (SSSR count). The Hall–Kier alpha value is -1.02. The van der Waals surface area contributed by atoms with Crippen molar-refractivity contribution in [1.82, 2.24) is 0 Å². The number of methoxy groups -OCH3 is 1. The minimum Gasteiger partial charge on any atom is -0.496 e. The zero-order valence-corrected chi connectivity index (χ0v) is 9.92. The number of hydrogen-bond acceptors (Lipinski definition) is 2. The Kier molecular flexibility index (Phi) is 4.63. The van der Waals surface area contributed by atoms with E-state index in [1.807, 2.05) is 0 Å². The number of nitrogens with two attached hydrogens (primary N) is 1. The first kappa shape index (κ1) is 12.1. The molecule has 0 radical (unpaired) electrons. The molecule has 0 aliphatic heterocycles. The number of hydrogen-bond donors (Lipinski definition) is 1. The van der Waals surface area contributed by atoms with Gasteiger partial charge in [0.15, 0.2) is 0 Å². The summed E-state index contributed by atoms with van der Waals surface area (Å²) in [6.07, 6.45) is 2.10. The zero-order chi connectivity index (χ0) is 11.3. The lowest BCUT2D eigenvalue weighted by Gasteiger charge is -2.13. The van der Waals surface area contributed by atoms with Gasteiger partial charge in [-0.25, -0.2) is 0 Å². The maximum Gasteiger partial charge on any atom is 0.122 e. The van der Waals surface area contributed by atoms with Gasteiger partial charge in [-0.2, -0.15) is 0 Å². The minimum absolute atomic E-state index is 0.498. The van der Waals surface area contributed by atoms with Crippen molar-refractivity contribution in [2.24, 2.45) is 5.73 Å². The molecule has 0 fully saturated rings. The van der Waals surface area contributed by atoms with E-state index in [0.717, 1.165) is 25.1 Å². The Morgan fingerprint density at radius 1 is 1.33 bits per heavy atom. The molecule has 1 aromatic rings. The maximum absolute atomic E-state index is 5.51. The van der Waals surface area contributed by atoms with Crippen LogP contribution < -0.4 is 10.5 Å². The fourth-order valence-electron chi connectivity index (χ4n) is 1.70. The molecule has 2 nitrogen and oxygen atoms in total. The first-order valence-corrected chi connectivity index (χ1v) is 5.56. The fourth-order valence-corrected chi connectivity index (χ4v) is 1.70. The maximum atomic E-state index is 5.51. The summed E-state index contributed by atoms with van der Waals surface area (Å²) in [5.41, 5.74) is 8.14. The van der Waals surface area contributed by atoms with Crippen molar-refractivity contribution in [3.05, 3.63) is 29.3 Å². The Balaban J connectivity index is 2.89. The van der Waals surface area contributed by atoms with Gasteiger partial charge in [0.2, 0.25) is 0 Å². The molecule has 0 aliphatic carbocycles. The van der Waals surface area contributed by atoms with Crippen LogP contribution in [0.1, 0.15) is 37.3 Å². The van der Waals surface area contributed by atoms with Gasteiger partial charge in [0, 0.05) is 0 Å². The largest absolute Gasteiger partial charge is 0.496 e. The molecule has 0 bridgehead atoms. The highest BCUT2D eigenvalue weighted by Crippen LogP contribution is 2.27. The van der Waals surface area contributed by atoms with Gasteiger partial charge in [-0.3, -0.25) is 0 Å². The molecule has 0 heterocycles. The van der Waals surface area contributed by atoms with Crippen molar-refractivity contribution >= 4 is 0 Å². The Morgan fingerprint density at radius 3 is 2.60 bits per heavy atom. The summed E-state index contributed by atoms with van der Waals surface area (Å²) < 4.78 is 5.34. The molecule has 0 unspecified atom stereocenters. The number of benzene rings is 1. The van der Waals surface area contributed by atoms with Crippen LogP contribution in [0.5, 0.6) is 5.75 Å². The predicted molar refractivity (Wildman–Crippen MR) is 64.5 cm³/mol. The van der Waals surface area contributed by atoms with E-state index in [0.29, 0.717) is 5.92 Å². The van der Waals surface area contributed by atoms with Crippen molar-refractivity contribution in [3.8, 4) is 5.75 Å². The van der Waals surface area contributed by atoms with Crippen molar-refractivity contribution < 1.29 is 4.74 Å². The van der Waals surface area contributed by atoms with Gasteiger partial charge in [0.1, 0.15) is 5.75 Å². The highest BCUT2D eigenvalue weighted by Gasteiger charge is 2.07. The van der Waals surface area contributed by atoms with Crippen molar-refractivity contribution in [2.75, 3.05) is 13.7 Å². The minimum atomic E-state index is 0.498. The average Bonchev–Trinajstić information content (AvgIpc) is 2.25. The third-order valence-electron chi connectivity index (χ3n) is 2.59. The molecule has 84 valence electrons. The average molecular weight is 207 g/mol. The lowest BCUT2D eigenvalue weighted by Crippen LogP contribution is -2.01. The van der Waals surface area contributed by atoms with Crippen LogP contribution >= 0.6 is 0 Å². The summed E-state index contributed by atoms with van der Waals surface area (Å²) >= 11 is 0. The molecule has 0 aliphatic rings. The van der Waals surface area contributed by atoms with Gasteiger partial charge in [0.25, 0.3) is 0 Å². The summed E-state index contributed by atoms with van der Waals surface area (Å²) in [6.45, 7) is 5.12. The normalized spacial score (nSPS) is 10.7. The fraction of sp³-hybridized carbons (Fsp3) is 0.538. The molecule has 0 atom stereocenters. The van der Waals surface area contributed by atoms with Crippen LogP contribution in [0, 0.1) is 0 Å². The van der Waals surface area contributed by atoms with Crippen LogP contribution in [0.2, 0.25) is 0 Å². The van der Waals surface area contributed by atoms with Gasteiger partial charge in [0.05, 0.1) is 7.11 Å². The van der Waals surface area contributed by atoms with E-state index < -0.39 is 0 Å². The molecule has 15 heavy (non-hydrogen) atoms. The number of aryl methyl sites for hydroxylation is 1. The number of rotatable bonds is 5. The summed E-state index contributed by atoms with van der Waals surface area (Å²) in [7, 11) is 1.72. The summed E-state index contributed by atoms with van der Waals surface area (Å²) in [5, 5.41) is 0. The SMILES string of the molecule is COc1ccc(CCCN)cc1C(C)C. The van der Waals surface area contributed by atoms with Crippen LogP contribution in [-0.2, 0) is 6.42 Å². The second-order valence-electron chi connectivity index (χ2n) is 4.12. The molecule has 0 aromatic heterocycles. The van der Waals surface area contributed by atoms with Crippen molar-refractivity contribution in [3.63, 3.8) is 0 Å². The molecule has 0 saturated heterocycles. The van der Waals surface area contributed by atoms with Crippen LogP contribution in [0.15, 0.2) is 18.2 Å². The monoisotopic (exact) mass is 207 g/mol. The van der Waals surface area contributed by atoms with Gasteiger partial charge >= 0.3 is 0 Å². The molecular formula is C13H21NO. The molecule has 2 heteroatoms. The Bertz CT molecular complexity index is 307. The smallest absolute Gasteiger partial charge is 0.122 e. The van der Waals surface area contributed by atoms with Crippen molar-refractivity contribution in [1.29, 1.82) is 0 Å². The predicted octanol–water partition coefficient (Wildman–Crippen LogP) is 2.71.